The summed E-state index contributed by atoms with van der Waals surface area (Å²) in [4.78, 5) is 2.46. The number of halogens is 6. The molecule has 186 valence electrons. The molecule has 2 heterocycles. The number of alkyl halides is 6. The van der Waals surface area contributed by atoms with Gasteiger partial charge >= 0.3 is 12.4 Å². The zero-order valence-electron chi connectivity index (χ0n) is 18.8. The van der Waals surface area contributed by atoms with Crippen molar-refractivity contribution in [1.29, 1.82) is 0 Å². The Labute approximate surface area is 199 Å². The van der Waals surface area contributed by atoms with Crippen LogP contribution in [0.3, 0.4) is 0 Å². The molecule has 0 saturated carbocycles. The first kappa shape index (κ1) is 25.4. The highest BCUT2D eigenvalue weighted by Crippen LogP contribution is 2.50. The number of hydrogen-bond donors (Lipinski definition) is 1. The highest BCUT2D eigenvalue weighted by Gasteiger charge is 2.71. The van der Waals surface area contributed by atoms with Crippen molar-refractivity contribution >= 4 is 11.8 Å². The van der Waals surface area contributed by atoms with E-state index in [2.05, 4.69) is 11.0 Å². The van der Waals surface area contributed by atoms with Crippen LogP contribution >= 0.6 is 11.8 Å². The summed E-state index contributed by atoms with van der Waals surface area (Å²) in [5.41, 5.74) is -2.36. The summed E-state index contributed by atoms with van der Waals surface area (Å²) < 4.78 is 79.0. The molecule has 2 aromatic rings. The van der Waals surface area contributed by atoms with Gasteiger partial charge in [-0.2, -0.15) is 38.1 Å². The van der Waals surface area contributed by atoms with Crippen molar-refractivity contribution < 1.29 is 31.4 Å². The summed E-state index contributed by atoms with van der Waals surface area (Å²) in [7, 11) is 0. The molecule has 0 aromatic heterocycles. The SMILES string of the molecule is CCc1cc(CN2CCC3(CCSC3)C2)ccc1-c1ccc(C(O)(C(F)(F)F)C(F)(F)F)cc1. The van der Waals surface area contributed by atoms with Crippen molar-refractivity contribution in [2.45, 2.75) is 50.7 Å². The fourth-order valence-corrected chi connectivity index (χ4v) is 6.63. The Hall–Kier alpha value is -1.71. The monoisotopic (exact) mass is 503 g/mol. The second kappa shape index (κ2) is 9.06. The van der Waals surface area contributed by atoms with E-state index in [1.807, 2.05) is 30.8 Å². The molecule has 1 atom stereocenters. The van der Waals surface area contributed by atoms with Crippen LogP contribution in [0.25, 0.3) is 11.1 Å². The summed E-state index contributed by atoms with van der Waals surface area (Å²) in [5, 5.41) is 9.61. The fraction of sp³-hybridized carbons (Fsp3) is 0.520. The quantitative estimate of drug-likeness (QED) is 0.468. The standard InChI is InChI=1S/C25H27F6NOS/c1-2-18-13-17(14-32-11-9-22(15-32)10-12-34-16-22)3-8-21(18)19-4-6-20(7-5-19)23(33,24(26,27)28)25(29,30)31/h3-8,13,33H,2,9-12,14-16H2,1H3. The van der Waals surface area contributed by atoms with Crippen LogP contribution in [0.4, 0.5) is 26.3 Å². The van der Waals surface area contributed by atoms with Gasteiger partial charge in [-0.25, -0.2) is 0 Å². The second-order valence-electron chi connectivity index (χ2n) is 9.39. The van der Waals surface area contributed by atoms with Crippen LogP contribution in [0.1, 0.15) is 36.5 Å². The van der Waals surface area contributed by atoms with Crippen LogP contribution < -0.4 is 0 Å². The molecule has 0 amide bonds. The number of aliphatic hydroxyl groups is 1. The van der Waals surface area contributed by atoms with Crippen molar-refractivity contribution in [3.63, 3.8) is 0 Å². The maximum absolute atomic E-state index is 13.2. The van der Waals surface area contributed by atoms with Crippen molar-refractivity contribution in [1.82, 2.24) is 4.90 Å². The van der Waals surface area contributed by atoms with Crippen LogP contribution in [0.2, 0.25) is 0 Å². The van der Waals surface area contributed by atoms with Gasteiger partial charge in [0.15, 0.2) is 0 Å². The Morgan fingerprint density at radius 1 is 0.971 bits per heavy atom. The van der Waals surface area contributed by atoms with Gasteiger partial charge in [0.1, 0.15) is 0 Å². The Balaban J connectivity index is 1.55. The summed E-state index contributed by atoms with van der Waals surface area (Å²) in [5.74, 6) is 2.45. The van der Waals surface area contributed by atoms with E-state index in [-0.39, 0.29) is 0 Å². The zero-order chi connectivity index (χ0) is 24.8. The molecule has 34 heavy (non-hydrogen) atoms. The first-order chi connectivity index (χ1) is 15.9. The minimum atomic E-state index is -5.89. The summed E-state index contributed by atoms with van der Waals surface area (Å²) in [6, 6.07) is 9.72. The molecule has 2 fully saturated rings. The van der Waals surface area contributed by atoms with Gasteiger partial charge in [0, 0.05) is 24.4 Å². The van der Waals surface area contributed by atoms with Crippen molar-refractivity contribution in [2.75, 3.05) is 24.6 Å². The van der Waals surface area contributed by atoms with Gasteiger partial charge in [-0.15, -0.1) is 0 Å². The third-order valence-corrected chi connectivity index (χ3v) is 8.40. The van der Waals surface area contributed by atoms with Crippen molar-refractivity contribution in [3.8, 4) is 11.1 Å². The molecule has 9 heteroatoms. The number of likely N-dealkylation sites (tertiary alicyclic amines) is 1. The lowest BCUT2D eigenvalue weighted by Crippen LogP contribution is -2.53. The zero-order valence-corrected chi connectivity index (χ0v) is 19.6. The lowest BCUT2D eigenvalue weighted by atomic mass is 9.87. The van der Waals surface area contributed by atoms with Crippen LogP contribution in [0, 0.1) is 5.41 Å². The molecule has 0 bridgehead atoms. The molecule has 4 rings (SSSR count). The van der Waals surface area contributed by atoms with E-state index in [9.17, 15) is 31.4 Å². The maximum Gasteiger partial charge on any atom is 0.430 e. The summed E-state index contributed by atoms with van der Waals surface area (Å²) >= 11 is 2.02. The lowest BCUT2D eigenvalue weighted by molar-refractivity contribution is -0.376. The highest BCUT2D eigenvalue weighted by molar-refractivity contribution is 7.99. The lowest BCUT2D eigenvalue weighted by Gasteiger charge is -2.32. The Kier molecular flexibility index (Phi) is 6.76. The van der Waals surface area contributed by atoms with E-state index >= 15 is 0 Å². The van der Waals surface area contributed by atoms with Gasteiger partial charge in [-0.3, -0.25) is 4.90 Å². The van der Waals surface area contributed by atoms with Crippen LogP contribution in [-0.4, -0.2) is 47.0 Å². The third-order valence-electron chi connectivity index (χ3n) is 7.09. The fourth-order valence-electron chi connectivity index (χ4n) is 5.09. The average Bonchev–Trinajstić information content (AvgIpc) is 3.40. The number of rotatable bonds is 5. The van der Waals surface area contributed by atoms with Gasteiger partial charge in [-0.05, 0) is 59.2 Å². The van der Waals surface area contributed by atoms with E-state index in [4.69, 9.17) is 0 Å². The van der Waals surface area contributed by atoms with Crippen molar-refractivity contribution in [3.05, 3.63) is 59.2 Å². The van der Waals surface area contributed by atoms with E-state index < -0.39 is 23.5 Å². The molecular formula is C25H27F6NOS. The normalized spacial score (nSPS) is 22.1. The molecular weight excluding hydrogens is 476 g/mol. The molecule has 0 radical (unpaired) electrons. The molecule has 1 unspecified atom stereocenters. The average molecular weight is 504 g/mol. The third kappa shape index (κ3) is 4.58. The van der Waals surface area contributed by atoms with Gasteiger partial charge < -0.3 is 5.11 Å². The summed E-state index contributed by atoms with van der Waals surface area (Å²) in [6.45, 7) is 4.94. The highest BCUT2D eigenvalue weighted by atomic mass is 32.2. The molecule has 0 aliphatic carbocycles. The number of hydrogen-bond acceptors (Lipinski definition) is 3. The minimum Gasteiger partial charge on any atom is -0.369 e. The molecule has 2 aliphatic heterocycles. The molecule has 1 spiro atoms. The first-order valence-corrected chi connectivity index (χ1v) is 12.4. The number of nitrogens with zero attached hydrogens (tertiary/aromatic N) is 1. The van der Waals surface area contributed by atoms with Gasteiger partial charge in [0.2, 0.25) is 0 Å². The number of aryl methyl sites for hydroxylation is 1. The number of benzene rings is 2. The topological polar surface area (TPSA) is 23.5 Å². The van der Waals surface area contributed by atoms with Crippen molar-refractivity contribution in [2.24, 2.45) is 5.41 Å². The molecule has 1 N–H and O–H groups in total. The van der Waals surface area contributed by atoms with Gasteiger partial charge in [-0.1, -0.05) is 49.4 Å². The van der Waals surface area contributed by atoms with E-state index in [0.29, 0.717) is 29.5 Å². The Morgan fingerprint density at radius 2 is 1.65 bits per heavy atom. The predicted octanol–water partition coefficient (Wildman–Crippen LogP) is 6.56. The van der Waals surface area contributed by atoms with Crippen LogP contribution in [0.5, 0.6) is 0 Å². The molecule has 2 aromatic carbocycles. The minimum absolute atomic E-state index is 0.439. The first-order valence-electron chi connectivity index (χ1n) is 11.3. The largest absolute Gasteiger partial charge is 0.430 e. The summed E-state index contributed by atoms with van der Waals surface area (Å²) in [6.07, 6.45) is -8.64. The van der Waals surface area contributed by atoms with E-state index in [0.717, 1.165) is 36.3 Å². The van der Waals surface area contributed by atoms with Gasteiger partial charge in [0.25, 0.3) is 5.60 Å². The van der Waals surface area contributed by atoms with Crippen LogP contribution in [-0.2, 0) is 18.6 Å². The van der Waals surface area contributed by atoms with E-state index in [1.165, 1.54) is 36.5 Å². The van der Waals surface area contributed by atoms with Gasteiger partial charge in [0.05, 0.1) is 0 Å². The maximum atomic E-state index is 13.2. The molecule has 2 saturated heterocycles. The molecule has 2 nitrogen and oxygen atoms in total. The van der Waals surface area contributed by atoms with E-state index in [1.54, 1.807) is 0 Å². The Bertz CT molecular complexity index is 998. The molecule has 2 aliphatic rings. The van der Waals surface area contributed by atoms with Crippen LogP contribution in [0.15, 0.2) is 42.5 Å². The second-order valence-corrected chi connectivity index (χ2v) is 10.5. The Morgan fingerprint density at radius 3 is 2.21 bits per heavy atom. The predicted molar refractivity (Wildman–Crippen MR) is 122 cm³/mol. The smallest absolute Gasteiger partial charge is 0.369 e. The number of thioether (sulfide) groups is 1.